The second kappa shape index (κ2) is 7.74. The Morgan fingerprint density at radius 2 is 2.11 bits per heavy atom. The highest BCUT2D eigenvalue weighted by atomic mass is 16.2. The predicted molar refractivity (Wildman–Crippen MR) is 75.4 cm³/mol. The summed E-state index contributed by atoms with van der Waals surface area (Å²) in [5.74, 6) is 0.764. The van der Waals surface area contributed by atoms with Crippen molar-refractivity contribution in [3.8, 4) is 0 Å². The first-order chi connectivity index (χ1) is 8.62. The summed E-state index contributed by atoms with van der Waals surface area (Å²) in [5.41, 5.74) is 5.58. The zero-order valence-electron chi connectivity index (χ0n) is 12.2. The summed E-state index contributed by atoms with van der Waals surface area (Å²) in [7, 11) is 0. The van der Waals surface area contributed by atoms with E-state index in [0.29, 0.717) is 30.8 Å². The van der Waals surface area contributed by atoms with Crippen LogP contribution in [0, 0.1) is 5.92 Å². The molecule has 0 aromatic carbocycles. The summed E-state index contributed by atoms with van der Waals surface area (Å²) in [6, 6.07) is 0.566. The minimum Gasteiger partial charge on any atom is -0.341 e. The van der Waals surface area contributed by atoms with E-state index in [1.54, 1.807) is 0 Å². The molecule has 106 valence electrons. The van der Waals surface area contributed by atoms with Gasteiger partial charge in [0.15, 0.2) is 0 Å². The van der Waals surface area contributed by atoms with Crippen molar-refractivity contribution in [1.29, 1.82) is 0 Å². The fraction of sp³-hybridized carbons (Fsp3) is 0.929. The smallest absolute Gasteiger partial charge is 0.222 e. The van der Waals surface area contributed by atoms with Crippen LogP contribution >= 0.6 is 0 Å². The van der Waals surface area contributed by atoms with Crippen LogP contribution in [0.1, 0.15) is 40.0 Å². The van der Waals surface area contributed by atoms with Gasteiger partial charge < -0.3 is 10.6 Å². The van der Waals surface area contributed by atoms with Crippen molar-refractivity contribution < 1.29 is 4.79 Å². The molecule has 1 rings (SSSR count). The van der Waals surface area contributed by atoms with Gasteiger partial charge in [-0.3, -0.25) is 9.69 Å². The van der Waals surface area contributed by atoms with Crippen LogP contribution in [0.3, 0.4) is 0 Å². The van der Waals surface area contributed by atoms with Crippen molar-refractivity contribution in [2.45, 2.75) is 46.1 Å². The largest absolute Gasteiger partial charge is 0.341 e. The number of nitrogens with zero attached hydrogens (tertiary/aromatic N) is 2. The summed E-state index contributed by atoms with van der Waals surface area (Å²) in [4.78, 5) is 16.6. The number of carbonyl (C=O) groups excluding carboxylic acids is 1. The number of hydrogen-bond acceptors (Lipinski definition) is 3. The third-order valence-corrected chi connectivity index (χ3v) is 4.10. The van der Waals surface area contributed by atoms with Crippen molar-refractivity contribution in [2.24, 2.45) is 11.7 Å². The van der Waals surface area contributed by atoms with Gasteiger partial charge in [-0.25, -0.2) is 0 Å². The number of rotatable bonds is 7. The molecule has 2 atom stereocenters. The Hall–Kier alpha value is -0.610. The van der Waals surface area contributed by atoms with Crippen molar-refractivity contribution in [1.82, 2.24) is 9.80 Å². The summed E-state index contributed by atoms with van der Waals surface area (Å²) in [6.07, 6.45) is 2.70. The summed E-state index contributed by atoms with van der Waals surface area (Å²) < 4.78 is 0. The van der Waals surface area contributed by atoms with E-state index in [2.05, 4.69) is 25.7 Å². The molecule has 0 bridgehead atoms. The highest BCUT2D eigenvalue weighted by Crippen LogP contribution is 2.17. The van der Waals surface area contributed by atoms with Crippen LogP contribution in [-0.2, 0) is 4.79 Å². The molecule has 1 fully saturated rings. The molecule has 2 N–H and O–H groups in total. The number of nitrogens with two attached hydrogens (primary N) is 1. The number of hydrogen-bond donors (Lipinski definition) is 1. The van der Waals surface area contributed by atoms with Gasteiger partial charge in [-0.05, 0) is 38.4 Å². The van der Waals surface area contributed by atoms with Gasteiger partial charge in [0.2, 0.25) is 5.91 Å². The molecule has 18 heavy (non-hydrogen) atoms. The Labute approximate surface area is 111 Å². The highest BCUT2D eigenvalue weighted by Gasteiger charge is 2.28. The molecule has 0 spiro atoms. The Morgan fingerprint density at radius 1 is 1.44 bits per heavy atom. The number of likely N-dealkylation sites (N-methyl/N-ethyl adjacent to an activating group) is 1. The fourth-order valence-corrected chi connectivity index (χ4v) is 2.65. The Bertz CT molecular complexity index is 253. The first-order valence-corrected chi connectivity index (χ1v) is 7.34. The quantitative estimate of drug-likeness (QED) is 0.746. The maximum Gasteiger partial charge on any atom is 0.222 e. The third-order valence-electron chi connectivity index (χ3n) is 4.10. The van der Waals surface area contributed by atoms with Crippen LogP contribution in [0.15, 0.2) is 0 Å². The average Bonchev–Trinajstić information content (AvgIpc) is 2.86. The number of amides is 1. The van der Waals surface area contributed by atoms with Gasteiger partial charge in [0, 0.05) is 25.6 Å². The van der Waals surface area contributed by atoms with E-state index in [1.807, 2.05) is 4.90 Å². The Balaban J connectivity index is 2.34. The lowest BCUT2D eigenvalue weighted by molar-refractivity contribution is -0.130. The molecule has 2 unspecified atom stereocenters. The lowest BCUT2D eigenvalue weighted by Gasteiger charge is -2.26. The van der Waals surface area contributed by atoms with Gasteiger partial charge >= 0.3 is 0 Å². The SMILES string of the molecule is CCN(CC)C1CCN(C(=O)CCC(C)CN)C1. The van der Waals surface area contributed by atoms with Crippen molar-refractivity contribution >= 4 is 5.91 Å². The zero-order valence-corrected chi connectivity index (χ0v) is 12.2. The van der Waals surface area contributed by atoms with Gasteiger partial charge in [-0.1, -0.05) is 20.8 Å². The normalized spacial score (nSPS) is 21.6. The minimum absolute atomic E-state index is 0.310. The van der Waals surface area contributed by atoms with E-state index in [4.69, 9.17) is 5.73 Å². The van der Waals surface area contributed by atoms with E-state index in [0.717, 1.165) is 39.0 Å². The molecule has 0 aliphatic carbocycles. The van der Waals surface area contributed by atoms with Gasteiger partial charge in [-0.15, -0.1) is 0 Å². The Kier molecular flexibility index (Phi) is 6.65. The molecule has 0 radical (unpaired) electrons. The molecule has 1 heterocycles. The average molecular weight is 255 g/mol. The van der Waals surface area contributed by atoms with Crippen LogP contribution in [-0.4, -0.2) is 54.5 Å². The molecule has 0 saturated carbocycles. The van der Waals surface area contributed by atoms with E-state index >= 15 is 0 Å². The van der Waals surface area contributed by atoms with Crippen molar-refractivity contribution in [3.63, 3.8) is 0 Å². The number of carbonyl (C=O) groups is 1. The summed E-state index contributed by atoms with van der Waals surface area (Å²) in [5, 5.41) is 0. The van der Waals surface area contributed by atoms with E-state index in [9.17, 15) is 4.79 Å². The van der Waals surface area contributed by atoms with Gasteiger partial charge in [-0.2, -0.15) is 0 Å². The molecular weight excluding hydrogens is 226 g/mol. The first kappa shape index (κ1) is 15.4. The van der Waals surface area contributed by atoms with E-state index in [-0.39, 0.29) is 0 Å². The van der Waals surface area contributed by atoms with Gasteiger partial charge in [0.05, 0.1) is 0 Å². The standard InChI is InChI=1S/C14H29N3O/c1-4-16(5-2)13-8-9-17(11-13)14(18)7-6-12(3)10-15/h12-13H,4-11,15H2,1-3H3. The topological polar surface area (TPSA) is 49.6 Å². The summed E-state index contributed by atoms with van der Waals surface area (Å²) >= 11 is 0. The number of likely N-dealkylation sites (tertiary alicyclic amines) is 1. The maximum absolute atomic E-state index is 12.1. The van der Waals surface area contributed by atoms with Crippen molar-refractivity contribution in [2.75, 3.05) is 32.7 Å². The maximum atomic E-state index is 12.1. The van der Waals surface area contributed by atoms with E-state index < -0.39 is 0 Å². The van der Waals surface area contributed by atoms with Gasteiger partial charge in [0.25, 0.3) is 0 Å². The molecular formula is C14H29N3O. The zero-order chi connectivity index (χ0) is 13.5. The highest BCUT2D eigenvalue weighted by molar-refractivity contribution is 5.76. The molecule has 1 amide bonds. The predicted octanol–water partition coefficient (Wildman–Crippen LogP) is 1.30. The van der Waals surface area contributed by atoms with Crippen LogP contribution < -0.4 is 5.73 Å². The summed E-state index contributed by atoms with van der Waals surface area (Å²) in [6.45, 7) is 11.2. The third kappa shape index (κ3) is 4.25. The molecule has 4 heteroatoms. The van der Waals surface area contributed by atoms with Crippen molar-refractivity contribution in [3.05, 3.63) is 0 Å². The molecule has 1 saturated heterocycles. The van der Waals surface area contributed by atoms with E-state index in [1.165, 1.54) is 0 Å². The second-order valence-electron chi connectivity index (χ2n) is 5.38. The van der Waals surface area contributed by atoms with Crippen LogP contribution in [0.25, 0.3) is 0 Å². The molecule has 1 aliphatic rings. The lowest BCUT2D eigenvalue weighted by Crippen LogP contribution is -2.38. The van der Waals surface area contributed by atoms with Gasteiger partial charge in [0.1, 0.15) is 0 Å². The molecule has 1 aliphatic heterocycles. The molecule has 4 nitrogen and oxygen atoms in total. The molecule has 0 aromatic heterocycles. The van der Waals surface area contributed by atoms with Crippen LogP contribution in [0.2, 0.25) is 0 Å². The van der Waals surface area contributed by atoms with Crippen LogP contribution in [0.5, 0.6) is 0 Å². The molecule has 0 aromatic rings. The Morgan fingerprint density at radius 3 is 2.67 bits per heavy atom. The fourth-order valence-electron chi connectivity index (χ4n) is 2.65. The lowest BCUT2D eigenvalue weighted by atomic mass is 10.1. The second-order valence-corrected chi connectivity index (χ2v) is 5.38. The monoisotopic (exact) mass is 255 g/mol. The minimum atomic E-state index is 0.310. The van der Waals surface area contributed by atoms with Crippen LogP contribution in [0.4, 0.5) is 0 Å². The first-order valence-electron chi connectivity index (χ1n) is 7.34.